The first-order chi connectivity index (χ1) is 8.15. The van der Waals surface area contributed by atoms with E-state index < -0.39 is 0 Å². The maximum Gasteiger partial charge on any atom is 0.315 e. The van der Waals surface area contributed by atoms with Crippen LogP contribution in [0.25, 0.3) is 0 Å². The minimum absolute atomic E-state index is 0.0414. The second kappa shape index (κ2) is 7.11. The summed E-state index contributed by atoms with van der Waals surface area (Å²) in [5, 5.41) is 15.3. The molecular weight excluding hydrogens is 236 g/mol. The Labute approximate surface area is 108 Å². The molecule has 1 atom stereocenters. The third-order valence-electron chi connectivity index (χ3n) is 3.44. The Morgan fingerprint density at radius 2 is 2.12 bits per heavy atom. The van der Waals surface area contributed by atoms with E-state index in [4.69, 9.17) is 0 Å². The molecule has 1 aliphatic rings. The van der Waals surface area contributed by atoms with Gasteiger partial charge in [0.15, 0.2) is 0 Å². The van der Waals surface area contributed by atoms with Gasteiger partial charge in [0.25, 0.3) is 0 Å². The lowest BCUT2D eigenvalue weighted by atomic mass is 9.99. The number of hydrogen-bond acceptors (Lipinski definition) is 3. The standard InChI is InChI=1S/C12H24N2O2S/c1-3-10(8-17-2)13-11(16)14-12(9-15)6-4-5-7-12/h10,15H,3-9H2,1-2H3,(H2,13,14,16). The topological polar surface area (TPSA) is 61.4 Å². The lowest BCUT2D eigenvalue weighted by molar-refractivity contribution is 0.162. The van der Waals surface area contributed by atoms with Gasteiger partial charge < -0.3 is 15.7 Å². The van der Waals surface area contributed by atoms with Crippen molar-refractivity contribution >= 4 is 17.8 Å². The minimum Gasteiger partial charge on any atom is -0.394 e. The number of rotatable bonds is 6. The van der Waals surface area contributed by atoms with Gasteiger partial charge in [-0.05, 0) is 25.5 Å². The van der Waals surface area contributed by atoms with Gasteiger partial charge in [-0.3, -0.25) is 0 Å². The number of carbonyl (C=O) groups is 1. The largest absolute Gasteiger partial charge is 0.394 e. The van der Waals surface area contributed by atoms with Crippen LogP contribution in [0.15, 0.2) is 0 Å². The third kappa shape index (κ3) is 4.39. The number of urea groups is 1. The van der Waals surface area contributed by atoms with Crippen LogP contribution in [-0.2, 0) is 0 Å². The van der Waals surface area contributed by atoms with Crippen LogP contribution in [0.2, 0.25) is 0 Å². The first kappa shape index (κ1) is 14.6. The van der Waals surface area contributed by atoms with E-state index in [1.54, 1.807) is 11.8 Å². The van der Waals surface area contributed by atoms with Crippen molar-refractivity contribution in [2.45, 2.75) is 50.6 Å². The maximum absolute atomic E-state index is 11.9. The highest BCUT2D eigenvalue weighted by atomic mass is 32.2. The van der Waals surface area contributed by atoms with Gasteiger partial charge in [-0.15, -0.1) is 0 Å². The van der Waals surface area contributed by atoms with Gasteiger partial charge in [-0.1, -0.05) is 19.8 Å². The van der Waals surface area contributed by atoms with E-state index in [9.17, 15) is 9.90 Å². The summed E-state index contributed by atoms with van der Waals surface area (Å²) >= 11 is 1.73. The van der Waals surface area contributed by atoms with Crippen molar-refractivity contribution in [2.75, 3.05) is 18.6 Å². The van der Waals surface area contributed by atoms with E-state index in [0.29, 0.717) is 0 Å². The van der Waals surface area contributed by atoms with Crippen molar-refractivity contribution < 1.29 is 9.90 Å². The predicted molar refractivity (Wildman–Crippen MR) is 72.4 cm³/mol. The van der Waals surface area contributed by atoms with E-state index in [2.05, 4.69) is 17.6 Å². The second-order valence-electron chi connectivity index (χ2n) is 4.80. The van der Waals surface area contributed by atoms with Gasteiger partial charge in [0.2, 0.25) is 0 Å². The van der Waals surface area contributed by atoms with Gasteiger partial charge in [-0.25, -0.2) is 4.79 Å². The van der Waals surface area contributed by atoms with Crippen LogP contribution in [0.3, 0.4) is 0 Å². The number of aliphatic hydroxyl groups excluding tert-OH is 1. The molecule has 1 fully saturated rings. The molecule has 17 heavy (non-hydrogen) atoms. The molecule has 0 spiro atoms. The highest BCUT2D eigenvalue weighted by Gasteiger charge is 2.34. The highest BCUT2D eigenvalue weighted by molar-refractivity contribution is 7.98. The van der Waals surface area contributed by atoms with Crippen LogP contribution in [0.4, 0.5) is 4.79 Å². The summed E-state index contributed by atoms with van der Waals surface area (Å²) < 4.78 is 0. The summed E-state index contributed by atoms with van der Waals surface area (Å²) in [6.45, 7) is 2.11. The Hall–Kier alpha value is -0.420. The summed E-state index contributed by atoms with van der Waals surface area (Å²) in [7, 11) is 0. The van der Waals surface area contributed by atoms with Crippen molar-refractivity contribution in [1.82, 2.24) is 10.6 Å². The fraction of sp³-hybridized carbons (Fsp3) is 0.917. The summed E-state index contributed by atoms with van der Waals surface area (Å²) in [6.07, 6.45) is 6.91. The number of carbonyl (C=O) groups excluding carboxylic acids is 1. The van der Waals surface area contributed by atoms with Gasteiger partial charge in [0.05, 0.1) is 12.1 Å². The lowest BCUT2D eigenvalue weighted by Crippen LogP contribution is -2.54. The fourth-order valence-electron chi connectivity index (χ4n) is 2.30. The van der Waals surface area contributed by atoms with Crippen LogP contribution >= 0.6 is 11.8 Å². The van der Waals surface area contributed by atoms with Crippen molar-refractivity contribution in [1.29, 1.82) is 0 Å². The molecule has 0 radical (unpaired) electrons. The van der Waals surface area contributed by atoms with E-state index in [1.165, 1.54) is 0 Å². The van der Waals surface area contributed by atoms with E-state index in [1.807, 2.05) is 6.26 Å². The quantitative estimate of drug-likeness (QED) is 0.681. The molecule has 0 aromatic rings. The minimum atomic E-state index is -0.373. The van der Waals surface area contributed by atoms with E-state index in [0.717, 1.165) is 37.9 Å². The number of amides is 2. The Bertz CT molecular complexity index is 243. The first-order valence-corrected chi connectivity index (χ1v) is 7.73. The average molecular weight is 260 g/mol. The van der Waals surface area contributed by atoms with Gasteiger partial charge in [0, 0.05) is 11.8 Å². The maximum atomic E-state index is 11.9. The molecule has 1 rings (SSSR count). The highest BCUT2D eigenvalue weighted by Crippen LogP contribution is 2.28. The zero-order valence-corrected chi connectivity index (χ0v) is 11.6. The van der Waals surface area contributed by atoms with Gasteiger partial charge >= 0.3 is 6.03 Å². The Morgan fingerprint density at radius 1 is 1.47 bits per heavy atom. The molecule has 2 amide bonds. The van der Waals surface area contributed by atoms with Gasteiger partial charge in [0.1, 0.15) is 0 Å². The Balaban J connectivity index is 2.42. The number of thioether (sulfide) groups is 1. The molecule has 5 heteroatoms. The number of nitrogens with one attached hydrogen (secondary N) is 2. The van der Waals surface area contributed by atoms with E-state index in [-0.39, 0.29) is 24.2 Å². The van der Waals surface area contributed by atoms with E-state index >= 15 is 0 Å². The second-order valence-corrected chi connectivity index (χ2v) is 5.72. The summed E-state index contributed by atoms with van der Waals surface area (Å²) in [5.74, 6) is 0.927. The average Bonchev–Trinajstić information content (AvgIpc) is 2.77. The molecular formula is C12H24N2O2S. The third-order valence-corrected chi connectivity index (χ3v) is 4.17. The molecule has 1 unspecified atom stereocenters. The van der Waals surface area contributed by atoms with Crippen LogP contribution in [0.5, 0.6) is 0 Å². The molecule has 0 heterocycles. The van der Waals surface area contributed by atoms with Crippen LogP contribution in [0.1, 0.15) is 39.0 Å². The van der Waals surface area contributed by atoms with Crippen molar-refractivity contribution in [2.24, 2.45) is 0 Å². The van der Waals surface area contributed by atoms with Crippen LogP contribution in [0, 0.1) is 0 Å². The molecule has 0 aromatic heterocycles. The van der Waals surface area contributed by atoms with Crippen LogP contribution < -0.4 is 10.6 Å². The molecule has 1 aliphatic carbocycles. The normalized spacial score (nSPS) is 19.9. The van der Waals surface area contributed by atoms with Crippen molar-refractivity contribution in [3.63, 3.8) is 0 Å². The molecule has 3 N–H and O–H groups in total. The van der Waals surface area contributed by atoms with Crippen molar-refractivity contribution in [3.8, 4) is 0 Å². The first-order valence-electron chi connectivity index (χ1n) is 6.34. The lowest BCUT2D eigenvalue weighted by Gasteiger charge is -2.29. The summed E-state index contributed by atoms with van der Waals surface area (Å²) in [6, 6.07) is 0.0731. The number of hydrogen-bond donors (Lipinski definition) is 3. The molecule has 0 aromatic carbocycles. The molecule has 0 saturated heterocycles. The smallest absolute Gasteiger partial charge is 0.315 e. The number of aliphatic hydroxyl groups is 1. The summed E-state index contributed by atoms with van der Waals surface area (Å²) in [5.41, 5.74) is -0.373. The molecule has 1 saturated carbocycles. The predicted octanol–water partition coefficient (Wildman–Crippen LogP) is 1.73. The summed E-state index contributed by atoms with van der Waals surface area (Å²) in [4.78, 5) is 11.9. The molecule has 4 nitrogen and oxygen atoms in total. The SMILES string of the molecule is CCC(CSC)NC(=O)NC1(CO)CCCC1. The molecule has 100 valence electrons. The fourth-order valence-corrected chi connectivity index (χ4v) is 3.02. The monoisotopic (exact) mass is 260 g/mol. The van der Waals surface area contributed by atoms with Crippen LogP contribution in [-0.4, -0.2) is 41.3 Å². The molecule has 0 bridgehead atoms. The zero-order chi connectivity index (χ0) is 12.7. The van der Waals surface area contributed by atoms with Gasteiger partial charge in [-0.2, -0.15) is 11.8 Å². The zero-order valence-electron chi connectivity index (χ0n) is 10.8. The Morgan fingerprint density at radius 3 is 2.59 bits per heavy atom. The molecule has 0 aliphatic heterocycles. The van der Waals surface area contributed by atoms with Crippen molar-refractivity contribution in [3.05, 3.63) is 0 Å². The Kier molecular flexibility index (Phi) is 6.12.